The molecule has 0 saturated carbocycles. The molecule has 0 aliphatic rings. The molecule has 1 rings (SSSR count). The molecule has 1 aromatic rings. The maximum atomic E-state index is 12.2. The van der Waals surface area contributed by atoms with Crippen molar-refractivity contribution in [3.05, 3.63) is 17.7 Å². The van der Waals surface area contributed by atoms with Crippen LogP contribution in [0.3, 0.4) is 0 Å². The van der Waals surface area contributed by atoms with E-state index in [2.05, 4.69) is 5.32 Å². The minimum atomic E-state index is -0.288. The zero-order chi connectivity index (χ0) is 15.1. The molecule has 20 heavy (non-hydrogen) atoms. The highest BCUT2D eigenvalue weighted by Crippen LogP contribution is 2.31. The van der Waals surface area contributed by atoms with Crippen molar-refractivity contribution in [1.82, 2.24) is 5.32 Å². The lowest BCUT2D eigenvalue weighted by Crippen LogP contribution is -2.35. The van der Waals surface area contributed by atoms with Crippen LogP contribution >= 0.6 is 0 Å². The lowest BCUT2D eigenvalue weighted by atomic mass is 10.1. The Balaban J connectivity index is 2.97. The minimum absolute atomic E-state index is 0.0280. The van der Waals surface area contributed by atoms with Crippen molar-refractivity contribution in [1.29, 1.82) is 0 Å². The van der Waals surface area contributed by atoms with Crippen molar-refractivity contribution in [2.75, 3.05) is 26.6 Å². The largest absolute Gasteiger partial charge is 0.493 e. The molecule has 1 aromatic carbocycles. The summed E-state index contributed by atoms with van der Waals surface area (Å²) < 4.78 is 10.3. The van der Waals surface area contributed by atoms with Gasteiger partial charge in [-0.1, -0.05) is 6.92 Å². The van der Waals surface area contributed by atoms with Crippen LogP contribution in [0, 0.1) is 0 Å². The first kappa shape index (κ1) is 16.1. The van der Waals surface area contributed by atoms with Gasteiger partial charge < -0.3 is 25.6 Å². The summed E-state index contributed by atoms with van der Waals surface area (Å²) in [7, 11) is 3.00. The smallest absolute Gasteiger partial charge is 0.253 e. The van der Waals surface area contributed by atoms with Crippen LogP contribution in [-0.4, -0.2) is 37.9 Å². The summed E-state index contributed by atoms with van der Waals surface area (Å²) in [4.78, 5) is 12.2. The van der Waals surface area contributed by atoms with Gasteiger partial charge in [-0.05, 0) is 18.9 Å². The van der Waals surface area contributed by atoms with Crippen LogP contribution in [0.15, 0.2) is 12.1 Å². The second-order valence-corrected chi connectivity index (χ2v) is 4.39. The standard InChI is InChI=1S/C14H22N2O4/c1-4-9(5-6-17)16-14(18)10-7-12(19-2)13(20-3)8-11(10)15/h7-9,17H,4-6,15H2,1-3H3,(H,16,18). The molecule has 4 N–H and O–H groups in total. The number of benzene rings is 1. The summed E-state index contributed by atoms with van der Waals surface area (Å²) in [6, 6.07) is 3.02. The number of carbonyl (C=O) groups is 1. The summed E-state index contributed by atoms with van der Waals surface area (Å²) in [6.45, 7) is 1.97. The fourth-order valence-electron chi connectivity index (χ4n) is 1.89. The highest BCUT2D eigenvalue weighted by atomic mass is 16.5. The second-order valence-electron chi connectivity index (χ2n) is 4.39. The Morgan fingerprint density at radius 2 is 1.95 bits per heavy atom. The van der Waals surface area contributed by atoms with Crippen LogP contribution in [0.1, 0.15) is 30.1 Å². The SMILES string of the molecule is CCC(CCO)NC(=O)c1cc(OC)c(OC)cc1N. The van der Waals surface area contributed by atoms with Crippen LogP contribution in [0.5, 0.6) is 11.5 Å². The van der Waals surface area contributed by atoms with Crippen molar-refractivity contribution in [2.24, 2.45) is 0 Å². The normalized spacial score (nSPS) is 11.8. The summed E-state index contributed by atoms with van der Waals surface area (Å²) in [5.41, 5.74) is 6.52. The molecule has 0 saturated heterocycles. The number of aliphatic hydroxyl groups excluding tert-OH is 1. The summed E-state index contributed by atoms with van der Waals surface area (Å²) in [5.74, 6) is 0.634. The van der Waals surface area contributed by atoms with Gasteiger partial charge in [-0.3, -0.25) is 4.79 Å². The summed E-state index contributed by atoms with van der Waals surface area (Å²) >= 11 is 0. The molecule has 1 unspecified atom stereocenters. The second kappa shape index (κ2) is 7.59. The molecular weight excluding hydrogens is 260 g/mol. The van der Waals surface area contributed by atoms with Crippen LogP contribution in [0.25, 0.3) is 0 Å². The number of nitrogens with one attached hydrogen (secondary N) is 1. The average Bonchev–Trinajstić information content (AvgIpc) is 2.46. The monoisotopic (exact) mass is 282 g/mol. The maximum absolute atomic E-state index is 12.2. The van der Waals surface area contributed by atoms with Gasteiger partial charge in [0.05, 0.1) is 19.8 Å². The van der Waals surface area contributed by atoms with E-state index in [1.54, 1.807) is 12.1 Å². The molecule has 0 aliphatic heterocycles. The van der Waals surface area contributed by atoms with Gasteiger partial charge in [0, 0.05) is 24.4 Å². The number of aliphatic hydroxyl groups is 1. The Hall–Kier alpha value is -1.95. The lowest BCUT2D eigenvalue weighted by molar-refractivity contribution is 0.0929. The van der Waals surface area contributed by atoms with E-state index >= 15 is 0 Å². The van der Waals surface area contributed by atoms with E-state index in [-0.39, 0.29) is 18.6 Å². The Morgan fingerprint density at radius 1 is 1.35 bits per heavy atom. The number of anilines is 1. The van der Waals surface area contributed by atoms with Crippen LogP contribution in [-0.2, 0) is 0 Å². The molecule has 1 atom stereocenters. The number of amides is 1. The number of hydrogen-bond donors (Lipinski definition) is 3. The number of ether oxygens (including phenoxy) is 2. The third-order valence-electron chi connectivity index (χ3n) is 3.11. The summed E-state index contributed by atoms with van der Waals surface area (Å²) in [6.07, 6.45) is 1.24. The molecule has 6 heteroatoms. The first-order valence-electron chi connectivity index (χ1n) is 6.50. The van der Waals surface area contributed by atoms with Gasteiger partial charge in [0.1, 0.15) is 0 Å². The van der Waals surface area contributed by atoms with Gasteiger partial charge in [-0.15, -0.1) is 0 Å². The fourth-order valence-corrected chi connectivity index (χ4v) is 1.89. The molecule has 0 spiro atoms. The Morgan fingerprint density at radius 3 is 2.45 bits per heavy atom. The first-order valence-corrected chi connectivity index (χ1v) is 6.50. The predicted octanol–water partition coefficient (Wildman–Crippen LogP) is 1.18. The quantitative estimate of drug-likeness (QED) is 0.653. The average molecular weight is 282 g/mol. The predicted molar refractivity (Wildman–Crippen MR) is 77.2 cm³/mol. The molecule has 0 bridgehead atoms. The highest BCUT2D eigenvalue weighted by molar-refractivity contribution is 6.00. The molecule has 112 valence electrons. The van der Waals surface area contributed by atoms with E-state index in [1.807, 2.05) is 6.92 Å². The number of nitrogen functional groups attached to an aromatic ring is 1. The molecule has 1 amide bonds. The number of hydrogen-bond acceptors (Lipinski definition) is 5. The molecule has 0 heterocycles. The van der Waals surface area contributed by atoms with Gasteiger partial charge in [-0.2, -0.15) is 0 Å². The zero-order valence-corrected chi connectivity index (χ0v) is 12.1. The molecule has 0 fully saturated rings. The Bertz CT molecular complexity index is 463. The number of nitrogens with two attached hydrogens (primary N) is 1. The maximum Gasteiger partial charge on any atom is 0.253 e. The molecule has 0 aliphatic carbocycles. The van der Waals surface area contributed by atoms with Crippen LogP contribution < -0.4 is 20.5 Å². The number of rotatable bonds is 7. The summed E-state index contributed by atoms with van der Waals surface area (Å²) in [5, 5.41) is 11.8. The molecule has 6 nitrogen and oxygen atoms in total. The molecule has 0 radical (unpaired) electrons. The Kier molecular flexibility index (Phi) is 6.11. The van der Waals surface area contributed by atoms with Crippen molar-refractivity contribution >= 4 is 11.6 Å². The van der Waals surface area contributed by atoms with Crippen LogP contribution in [0.4, 0.5) is 5.69 Å². The van der Waals surface area contributed by atoms with Crippen molar-refractivity contribution in [3.8, 4) is 11.5 Å². The van der Waals surface area contributed by atoms with E-state index in [4.69, 9.17) is 20.3 Å². The van der Waals surface area contributed by atoms with Gasteiger partial charge in [0.2, 0.25) is 0 Å². The molecule has 0 aromatic heterocycles. The van der Waals surface area contributed by atoms with Crippen LogP contribution in [0.2, 0.25) is 0 Å². The van der Waals surface area contributed by atoms with Crippen molar-refractivity contribution in [3.63, 3.8) is 0 Å². The van der Waals surface area contributed by atoms with Gasteiger partial charge in [-0.25, -0.2) is 0 Å². The van der Waals surface area contributed by atoms with Gasteiger partial charge in [0.25, 0.3) is 5.91 Å². The third-order valence-corrected chi connectivity index (χ3v) is 3.11. The van der Waals surface area contributed by atoms with E-state index in [0.29, 0.717) is 29.2 Å². The molecular formula is C14H22N2O4. The van der Waals surface area contributed by atoms with E-state index in [1.165, 1.54) is 14.2 Å². The number of methoxy groups -OCH3 is 2. The lowest BCUT2D eigenvalue weighted by Gasteiger charge is -2.17. The highest BCUT2D eigenvalue weighted by Gasteiger charge is 2.17. The first-order chi connectivity index (χ1) is 9.57. The van der Waals surface area contributed by atoms with Gasteiger partial charge >= 0.3 is 0 Å². The fraction of sp³-hybridized carbons (Fsp3) is 0.500. The number of carbonyl (C=O) groups excluding carboxylic acids is 1. The van der Waals surface area contributed by atoms with E-state index < -0.39 is 0 Å². The van der Waals surface area contributed by atoms with E-state index in [9.17, 15) is 4.79 Å². The van der Waals surface area contributed by atoms with Gasteiger partial charge in [0.15, 0.2) is 11.5 Å². The Labute approximate surface area is 118 Å². The van der Waals surface area contributed by atoms with Crippen molar-refractivity contribution < 1.29 is 19.4 Å². The van der Waals surface area contributed by atoms with E-state index in [0.717, 1.165) is 6.42 Å². The van der Waals surface area contributed by atoms with Crippen molar-refractivity contribution in [2.45, 2.75) is 25.8 Å². The third kappa shape index (κ3) is 3.77. The topological polar surface area (TPSA) is 93.8 Å². The zero-order valence-electron chi connectivity index (χ0n) is 12.1. The minimum Gasteiger partial charge on any atom is -0.493 e.